The van der Waals surface area contributed by atoms with Crippen molar-refractivity contribution in [2.24, 2.45) is 7.05 Å². The summed E-state index contributed by atoms with van der Waals surface area (Å²) in [4.78, 5) is 16.4. The summed E-state index contributed by atoms with van der Waals surface area (Å²) in [5, 5.41) is 17.2. The molecule has 0 aliphatic carbocycles. The number of aliphatic hydroxyl groups excluding tert-OH is 1. The van der Waals surface area contributed by atoms with E-state index in [1.54, 1.807) is 42.3 Å². The average Bonchev–Trinajstić information content (AvgIpc) is 3.06. The van der Waals surface area contributed by atoms with Crippen LogP contribution >= 0.6 is 0 Å². The molecule has 25 heavy (non-hydrogen) atoms. The highest BCUT2D eigenvalue weighted by atomic mass is 16.3. The fourth-order valence-corrected chi connectivity index (χ4v) is 2.53. The molecule has 1 amide bonds. The number of benzene rings is 2. The Balaban J connectivity index is 1.61. The van der Waals surface area contributed by atoms with E-state index < -0.39 is 6.10 Å². The fraction of sp³-hybridized carbons (Fsp3) is 0.211. The molecule has 0 radical (unpaired) electrons. The van der Waals surface area contributed by atoms with Crippen LogP contribution in [0.3, 0.4) is 0 Å². The molecule has 0 fully saturated rings. The Labute approximate surface area is 146 Å². The summed E-state index contributed by atoms with van der Waals surface area (Å²) in [7, 11) is 1.80. The highest BCUT2D eigenvalue weighted by Gasteiger charge is 2.12. The largest absolute Gasteiger partial charge is 0.387 e. The number of rotatable bonds is 5. The van der Waals surface area contributed by atoms with Gasteiger partial charge < -0.3 is 10.4 Å². The molecular weight excluding hydrogens is 316 g/mol. The number of amides is 1. The van der Waals surface area contributed by atoms with Crippen LogP contribution in [-0.4, -0.2) is 32.3 Å². The summed E-state index contributed by atoms with van der Waals surface area (Å²) in [6.07, 6.45) is 0.892. The van der Waals surface area contributed by atoms with Crippen molar-refractivity contribution < 1.29 is 9.90 Å². The molecule has 1 atom stereocenters. The Hall–Kier alpha value is -2.99. The molecule has 2 aromatic carbocycles. The number of aromatic nitrogens is 3. The summed E-state index contributed by atoms with van der Waals surface area (Å²) in [5.41, 5.74) is 3.23. The predicted molar refractivity (Wildman–Crippen MR) is 94.9 cm³/mol. The van der Waals surface area contributed by atoms with Crippen molar-refractivity contribution >= 4 is 5.91 Å². The predicted octanol–water partition coefficient (Wildman–Crippen LogP) is 2.25. The number of hydrogen-bond acceptors (Lipinski definition) is 4. The van der Waals surface area contributed by atoms with Gasteiger partial charge in [0.15, 0.2) is 5.82 Å². The highest BCUT2D eigenvalue weighted by Crippen LogP contribution is 2.16. The Bertz CT molecular complexity index is 871. The number of hydrogen-bond donors (Lipinski definition) is 2. The zero-order valence-electron chi connectivity index (χ0n) is 14.2. The molecule has 128 valence electrons. The van der Waals surface area contributed by atoms with Gasteiger partial charge in [-0.3, -0.25) is 9.48 Å². The van der Waals surface area contributed by atoms with Gasteiger partial charge in [0.2, 0.25) is 0 Å². The Morgan fingerprint density at radius 3 is 2.64 bits per heavy atom. The van der Waals surface area contributed by atoms with Crippen molar-refractivity contribution in [2.45, 2.75) is 13.0 Å². The smallest absolute Gasteiger partial charge is 0.251 e. The lowest BCUT2D eigenvalue weighted by Crippen LogP contribution is -2.28. The van der Waals surface area contributed by atoms with E-state index in [9.17, 15) is 9.90 Å². The van der Waals surface area contributed by atoms with Crippen molar-refractivity contribution in [1.29, 1.82) is 0 Å². The normalized spacial score (nSPS) is 12.0. The van der Waals surface area contributed by atoms with Crippen molar-refractivity contribution in [3.05, 3.63) is 71.5 Å². The molecule has 0 spiro atoms. The Kier molecular flexibility index (Phi) is 4.90. The molecule has 0 saturated heterocycles. The first kappa shape index (κ1) is 16.9. The van der Waals surface area contributed by atoms with Crippen LogP contribution in [0.5, 0.6) is 0 Å². The summed E-state index contributed by atoms with van der Waals surface area (Å²) in [5.74, 6) is 0.386. The molecule has 2 N–H and O–H groups in total. The van der Waals surface area contributed by atoms with Gasteiger partial charge in [0.25, 0.3) is 5.91 Å². The van der Waals surface area contributed by atoms with Gasteiger partial charge in [-0.1, -0.05) is 42.0 Å². The monoisotopic (exact) mass is 336 g/mol. The van der Waals surface area contributed by atoms with E-state index in [4.69, 9.17) is 0 Å². The van der Waals surface area contributed by atoms with E-state index in [0.29, 0.717) is 11.4 Å². The van der Waals surface area contributed by atoms with Crippen LogP contribution in [0, 0.1) is 6.92 Å². The first-order valence-electron chi connectivity index (χ1n) is 8.02. The summed E-state index contributed by atoms with van der Waals surface area (Å²) < 4.78 is 1.63. The van der Waals surface area contributed by atoms with Crippen LogP contribution in [0.15, 0.2) is 54.9 Å². The molecule has 6 nitrogen and oxygen atoms in total. The van der Waals surface area contributed by atoms with Gasteiger partial charge >= 0.3 is 0 Å². The van der Waals surface area contributed by atoms with Gasteiger partial charge in [0.1, 0.15) is 6.33 Å². The minimum atomic E-state index is -0.735. The Morgan fingerprint density at radius 2 is 2.00 bits per heavy atom. The van der Waals surface area contributed by atoms with Gasteiger partial charge in [-0.05, 0) is 24.6 Å². The lowest BCUT2D eigenvalue weighted by molar-refractivity contribution is 0.0916. The molecule has 1 aromatic heterocycles. The number of nitrogens with one attached hydrogen (secondary N) is 1. The molecule has 1 unspecified atom stereocenters. The summed E-state index contributed by atoms with van der Waals surface area (Å²) >= 11 is 0. The minimum absolute atomic E-state index is 0.159. The molecule has 6 heteroatoms. The quantitative estimate of drug-likeness (QED) is 0.749. The number of nitrogens with zero attached hydrogens (tertiary/aromatic N) is 3. The van der Waals surface area contributed by atoms with Crippen LogP contribution in [0.2, 0.25) is 0 Å². The second kappa shape index (κ2) is 7.27. The van der Waals surface area contributed by atoms with Crippen LogP contribution < -0.4 is 5.32 Å². The standard InChI is InChI=1S/C19H20N4O2/c1-13-4-3-5-16(10-13)17(24)11-20-19(25)15-8-6-14(7-9-15)18-21-12-23(2)22-18/h3-10,12,17,24H,11H2,1-2H3,(H,20,25). The highest BCUT2D eigenvalue weighted by molar-refractivity contribution is 5.94. The van der Waals surface area contributed by atoms with E-state index >= 15 is 0 Å². The maximum Gasteiger partial charge on any atom is 0.251 e. The van der Waals surface area contributed by atoms with Gasteiger partial charge in [-0.25, -0.2) is 4.98 Å². The average molecular weight is 336 g/mol. The zero-order chi connectivity index (χ0) is 17.8. The SMILES string of the molecule is Cc1cccc(C(O)CNC(=O)c2ccc(-c3ncn(C)n3)cc2)c1. The third kappa shape index (κ3) is 4.10. The molecule has 0 bridgehead atoms. The fourth-order valence-electron chi connectivity index (χ4n) is 2.53. The van der Waals surface area contributed by atoms with E-state index in [0.717, 1.165) is 16.7 Å². The van der Waals surface area contributed by atoms with Gasteiger partial charge in [0, 0.05) is 24.7 Å². The first-order valence-corrected chi connectivity index (χ1v) is 8.02. The van der Waals surface area contributed by atoms with Crippen LogP contribution in [0.4, 0.5) is 0 Å². The van der Waals surface area contributed by atoms with E-state index in [-0.39, 0.29) is 12.5 Å². The number of carbonyl (C=O) groups is 1. The maximum absolute atomic E-state index is 12.2. The lowest BCUT2D eigenvalue weighted by atomic mass is 10.1. The van der Waals surface area contributed by atoms with Crippen LogP contribution in [0.25, 0.3) is 11.4 Å². The Morgan fingerprint density at radius 1 is 1.24 bits per heavy atom. The van der Waals surface area contributed by atoms with E-state index in [2.05, 4.69) is 15.4 Å². The second-order valence-corrected chi connectivity index (χ2v) is 5.96. The van der Waals surface area contributed by atoms with Crippen molar-refractivity contribution in [3.8, 4) is 11.4 Å². The van der Waals surface area contributed by atoms with Crippen molar-refractivity contribution in [2.75, 3.05) is 6.54 Å². The minimum Gasteiger partial charge on any atom is -0.387 e. The van der Waals surface area contributed by atoms with E-state index in [1.165, 1.54) is 0 Å². The van der Waals surface area contributed by atoms with Crippen molar-refractivity contribution in [3.63, 3.8) is 0 Å². The molecular formula is C19H20N4O2. The van der Waals surface area contributed by atoms with Gasteiger partial charge in [-0.2, -0.15) is 5.10 Å². The topological polar surface area (TPSA) is 80.0 Å². The lowest BCUT2D eigenvalue weighted by Gasteiger charge is -2.13. The molecule has 0 aliphatic heterocycles. The third-order valence-corrected chi connectivity index (χ3v) is 3.89. The maximum atomic E-state index is 12.2. The van der Waals surface area contributed by atoms with Crippen LogP contribution in [0.1, 0.15) is 27.6 Å². The van der Waals surface area contributed by atoms with Crippen LogP contribution in [-0.2, 0) is 7.05 Å². The number of aryl methyl sites for hydroxylation is 2. The number of aliphatic hydroxyl groups is 1. The van der Waals surface area contributed by atoms with E-state index in [1.807, 2.05) is 31.2 Å². The summed E-state index contributed by atoms with van der Waals surface area (Å²) in [6, 6.07) is 14.7. The van der Waals surface area contributed by atoms with Gasteiger partial charge in [-0.15, -0.1) is 0 Å². The summed E-state index contributed by atoms with van der Waals surface area (Å²) in [6.45, 7) is 2.12. The molecule has 3 rings (SSSR count). The zero-order valence-corrected chi connectivity index (χ0v) is 14.2. The third-order valence-electron chi connectivity index (χ3n) is 3.89. The molecule has 1 heterocycles. The van der Waals surface area contributed by atoms with Crippen molar-refractivity contribution in [1.82, 2.24) is 20.1 Å². The molecule has 3 aromatic rings. The second-order valence-electron chi connectivity index (χ2n) is 5.96. The first-order chi connectivity index (χ1) is 12.0. The molecule has 0 saturated carbocycles. The number of carbonyl (C=O) groups excluding carboxylic acids is 1. The van der Waals surface area contributed by atoms with Gasteiger partial charge in [0.05, 0.1) is 6.10 Å². The molecule has 0 aliphatic rings.